The van der Waals surface area contributed by atoms with E-state index in [1.165, 1.54) is 0 Å². The van der Waals surface area contributed by atoms with Crippen molar-refractivity contribution >= 4 is 11.7 Å². The van der Waals surface area contributed by atoms with Gasteiger partial charge in [0.2, 0.25) is 5.91 Å². The zero-order chi connectivity index (χ0) is 20.5. The molecule has 3 heterocycles. The Kier molecular flexibility index (Phi) is 4.77. The molecule has 0 bridgehead atoms. The monoisotopic (exact) mass is 387 g/mol. The van der Waals surface area contributed by atoms with Crippen LogP contribution in [0.2, 0.25) is 0 Å². The highest BCUT2D eigenvalue weighted by Gasteiger charge is 2.33. The van der Waals surface area contributed by atoms with Crippen LogP contribution < -0.4 is 10.1 Å². The number of rotatable bonds is 4. The van der Waals surface area contributed by atoms with Crippen molar-refractivity contribution < 1.29 is 9.53 Å². The van der Waals surface area contributed by atoms with Gasteiger partial charge in [-0.1, -0.05) is 18.1 Å². The van der Waals surface area contributed by atoms with Crippen LogP contribution in [0.3, 0.4) is 0 Å². The first-order chi connectivity index (χ1) is 14.0. The number of benzene rings is 1. The molecule has 3 aromatic rings. The normalized spacial score (nSPS) is 15.4. The fourth-order valence-corrected chi connectivity index (χ4v) is 3.70. The Hall–Kier alpha value is -3.66. The number of nitrogens with zero attached hydrogens (tertiary/aromatic N) is 4. The summed E-state index contributed by atoms with van der Waals surface area (Å²) in [5.41, 5.74) is 4.51. The van der Waals surface area contributed by atoms with Gasteiger partial charge in [0, 0.05) is 29.3 Å². The van der Waals surface area contributed by atoms with Crippen LogP contribution in [-0.2, 0) is 4.79 Å². The standard InChI is InChI=1S/C22H21N5O2/c1-5-10-29-17-8-6-16(7-9-17)18-12-19(28)25-21-20(18)15(4)26-27(21)22-23-13(2)11-14(3)24-22/h1,6-9,11,18H,10,12H2,2-4H3,(H,25,28)/t18-/m1/s1. The molecule has 0 saturated heterocycles. The molecule has 1 N–H and O–H groups in total. The molecule has 0 fully saturated rings. The van der Waals surface area contributed by atoms with Crippen molar-refractivity contribution in [1.82, 2.24) is 19.7 Å². The highest BCUT2D eigenvalue weighted by Crippen LogP contribution is 2.40. The van der Waals surface area contributed by atoms with Crippen LogP contribution in [0.4, 0.5) is 5.82 Å². The number of aromatic nitrogens is 4. The van der Waals surface area contributed by atoms with Gasteiger partial charge in [0.25, 0.3) is 5.95 Å². The number of carbonyl (C=O) groups excluding carboxylic acids is 1. The van der Waals surface area contributed by atoms with Crippen LogP contribution in [0.1, 0.15) is 40.5 Å². The summed E-state index contributed by atoms with van der Waals surface area (Å²) in [6, 6.07) is 9.56. The lowest BCUT2D eigenvalue weighted by atomic mass is 9.86. The van der Waals surface area contributed by atoms with Gasteiger partial charge in [-0.3, -0.25) is 4.79 Å². The summed E-state index contributed by atoms with van der Waals surface area (Å²) in [7, 11) is 0. The zero-order valence-electron chi connectivity index (χ0n) is 16.6. The van der Waals surface area contributed by atoms with E-state index in [1.54, 1.807) is 4.68 Å². The Morgan fingerprint density at radius 1 is 1.21 bits per heavy atom. The van der Waals surface area contributed by atoms with Gasteiger partial charge in [0.1, 0.15) is 18.2 Å². The van der Waals surface area contributed by atoms with E-state index in [1.807, 2.05) is 51.1 Å². The van der Waals surface area contributed by atoms with Crippen LogP contribution in [0.15, 0.2) is 30.3 Å². The minimum atomic E-state index is -0.111. The Bertz CT molecular complexity index is 1110. The first-order valence-corrected chi connectivity index (χ1v) is 9.34. The number of amides is 1. The SMILES string of the molecule is C#CCOc1ccc([C@H]2CC(=O)Nc3c2c(C)nn3-c2nc(C)cc(C)n2)cc1. The number of hydrogen-bond donors (Lipinski definition) is 1. The number of anilines is 1. The van der Waals surface area contributed by atoms with Gasteiger partial charge >= 0.3 is 0 Å². The van der Waals surface area contributed by atoms with Crippen LogP contribution in [0.5, 0.6) is 5.75 Å². The fourth-order valence-electron chi connectivity index (χ4n) is 3.70. The number of carbonyl (C=O) groups is 1. The summed E-state index contributed by atoms with van der Waals surface area (Å²) in [5, 5.41) is 7.60. The van der Waals surface area contributed by atoms with Crippen LogP contribution in [0.25, 0.3) is 5.95 Å². The lowest BCUT2D eigenvalue weighted by Gasteiger charge is -2.24. The molecule has 0 radical (unpaired) electrons. The molecule has 1 aliphatic rings. The lowest BCUT2D eigenvalue weighted by Crippen LogP contribution is -2.25. The topological polar surface area (TPSA) is 81.9 Å². The quantitative estimate of drug-likeness (QED) is 0.696. The van der Waals surface area contributed by atoms with Gasteiger partial charge in [0.05, 0.1) is 5.69 Å². The van der Waals surface area contributed by atoms with E-state index in [-0.39, 0.29) is 18.4 Å². The maximum Gasteiger partial charge on any atom is 0.252 e. The van der Waals surface area contributed by atoms with E-state index >= 15 is 0 Å². The molecule has 1 amide bonds. The Balaban J connectivity index is 1.77. The molecule has 0 unspecified atom stereocenters. The maximum atomic E-state index is 12.5. The van der Waals surface area contributed by atoms with Crippen molar-refractivity contribution in [3.8, 4) is 24.0 Å². The molecule has 1 aromatic carbocycles. The summed E-state index contributed by atoms with van der Waals surface area (Å²) < 4.78 is 7.07. The molecular formula is C22H21N5O2. The second-order valence-electron chi connectivity index (χ2n) is 7.08. The molecule has 29 heavy (non-hydrogen) atoms. The second kappa shape index (κ2) is 7.40. The third-order valence-corrected chi connectivity index (χ3v) is 4.87. The summed E-state index contributed by atoms with van der Waals surface area (Å²) in [6.07, 6.45) is 5.58. The number of aryl methyl sites for hydroxylation is 3. The number of terminal acetylenes is 1. The van der Waals surface area contributed by atoms with Crippen LogP contribution in [0, 0.1) is 33.1 Å². The molecule has 4 rings (SSSR count). The lowest BCUT2D eigenvalue weighted by molar-refractivity contribution is -0.116. The molecule has 2 aromatic heterocycles. The third kappa shape index (κ3) is 3.57. The molecule has 0 spiro atoms. The molecule has 146 valence electrons. The first kappa shape index (κ1) is 18.7. The molecule has 7 heteroatoms. The highest BCUT2D eigenvalue weighted by atomic mass is 16.5. The average molecular weight is 387 g/mol. The zero-order valence-corrected chi connectivity index (χ0v) is 16.6. The van der Waals surface area contributed by atoms with E-state index in [9.17, 15) is 4.79 Å². The van der Waals surface area contributed by atoms with Crippen molar-refractivity contribution in [3.05, 3.63) is 58.5 Å². The largest absolute Gasteiger partial charge is 0.481 e. The van der Waals surface area contributed by atoms with Gasteiger partial charge < -0.3 is 10.1 Å². The molecule has 7 nitrogen and oxygen atoms in total. The molecular weight excluding hydrogens is 366 g/mol. The second-order valence-corrected chi connectivity index (χ2v) is 7.08. The van der Waals surface area contributed by atoms with Gasteiger partial charge in [-0.15, -0.1) is 6.42 Å². The number of ether oxygens (including phenoxy) is 1. The first-order valence-electron chi connectivity index (χ1n) is 9.34. The van der Waals surface area contributed by atoms with Crippen molar-refractivity contribution in [2.24, 2.45) is 0 Å². The molecule has 0 aliphatic carbocycles. The number of fused-ring (bicyclic) bond motifs is 1. The maximum absolute atomic E-state index is 12.5. The van der Waals surface area contributed by atoms with Crippen molar-refractivity contribution in [2.45, 2.75) is 33.1 Å². The molecule has 1 atom stereocenters. The van der Waals surface area contributed by atoms with Crippen molar-refractivity contribution in [2.75, 3.05) is 11.9 Å². The summed E-state index contributed by atoms with van der Waals surface area (Å²) >= 11 is 0. The third-order valence-electron chi connectivity index (χ3n) is 4.87. The van der Waals surface area contributed by atoms with E-state index < -0.39 is 0 Å². The van der Waals surface area contributed by atoms with E-state index in [4.69, 9.17) is 11.2 Å². The number of nitrogens with one attached hydrogen (secondary N) is 1. The van der Waals surface area contributed by atoms with E-state index in [0.717, 1.165) is 28.2 Å². The Morgan fingerprint density at radius 3 is 2.55 bits per heavy atom. The molecule has 0 saturated carbocycles. The highest BCUT2D eigenvalue weighted by molar-refractivity contribution is 5.95. The Morgan fingerprint density at radius 2 is 1.90 bits per heavy atom. The van der Waals surface area contributed by atoms with Crippen molar-refractivity contribution in [1.29, 1.82) is 0 Å². The van der Waals surface area contributed by atoms with Gasteiger partial charge in [-0.05, 0) is 44.5 Å². The fraction of sp³-hybridized carbons (Fsp3) is 0.273. The summed E-state index contributed by atoms with van der Waals surface area (Å²) in [5.74, 6) is 4.04. The van der Waals surface area contributed by atoms with Crippen LogP contribution >= 0.6 is 0 Å². The summed E-state index contributed by atoms with van der Waals surface area (Å²) in [6.45, 7) is 5.97. The minimum absolute atomic E-state index is 0.0688. The van der Waals surface area contributed by atoms with E-state index in [0.29, 0.717) is 23.9 Å². The average Bonchev–Trinajstić information content (AvgIpc) is 3.02. The van der Waals surface area contributed by atoms with Gasteiger partial charge in [0.15, 0.2) is 0 Å². The van der Waals surface area contributed by atoms with Crippen LogP contribution in [-0.4, -0.2) is 32.3 Å². The van der Waals surface area contributed by atoms with E-state index in [2.05, 4.69) is 26.3 Å². The van der Waals surface area contributed by atoms with Gasteiger partial charge in [-0.25, -0.2) is 9.97 Å². The predicted molar refractivity (Wildman–Crippen MR) is 109 cm³/mol. The minimum Gasteiger partial charge on any atom is -0.481 e. The Labute approximate surface area is 169 Å². The smallest absolute Gasteiger partial charge is 0.252 e. The summed E-state index contributed by atoms with van der Waals surface area (Å²) in [4.78, 5) is 21.5. The predicted octanol–water partition coefficient (Wildman–Crippen LogP) is 3.07. The molecule has 1 aliphatic heterocycles. The van der Waals surface area contributed by atoms with Crippen molar-refractivity contribution in [3.63, 3.8) is 0 Å². The number of hydrogen-bond acceptors (Lipinski definition) is 5. The van der Waals surface area contributed by atoms with Gasteiger partial charge in [-0.2, -0.15) is 9.78 Å².